The predicted octanol–water partition coefficient (Wildman–Crippen LogP) is 2.03. The highest BCUT2D eigenvalue weighted by Gasteiger charge is 2.37. The van der Waals surface area contributed by atoms with Crippen LogP contribution < -0.4 is 0 Å². The van der Waals surface area contributed by atoms with Gasteiger partial charge in [0.1, 0.15) is 4.90 Å². The van der Waals surface area contributed by atoms with Crippen molar-refractivity contribution < 1.29 is 26.7 Å². The minimum atomic E-state index is -4.22. The number of aliphatic hydroxyl groups excluding tert-OH is 1. The SMILES string of the molecule is O=S(=O)(c1ccc(F)c(F)c1F)N1CCCC1CCCO. The number of benzene rings is 1. The topological polar surface area (TPSA) is 57.6 Å². The first kappa shape index (κ1) is 16.3. The van der Waals surface area contributed by atoms with Crippen molar-refractivity contribution in [2.24, 2.45) is 0 Å². The molecule has 0 aliphatic carbocycles. The molecule has 4 nitrogen and oxygen atoms in total. The third-order valence-electron chi connectivity index (χ3n) is 3.60. The molecule has 1 aliphatic heterocycles. The normalized spacial score (nSPS) is 20.1. The van der Waals surface area contributed by atoms with Crippen molar-refractivity contribution >= 4 is 10.0 Å². The second kappa shape index (κ2) is 6.33. The smallest absolute Gasteiger partial charge is 0.246 e. The molecule has 21 heavy (non-hydrogen) atoms. The van der Waals surface area contributed by atoms with Gasteiger partial charge < -0.3 is 5.11 Å². The van der Waals surface area contributed by atoms with Crippen molar-refractivity contribution in [2.75, 3.05) is 13.2 Å². The summed E-state index contributed by atoms with van der Waals surface area (Å²) in [5.74, 6) is -4.91. The van der Waals surface area contributed by atoms with Crippen molar-refractivity contribution in [3.05, 3.63) is 29.6 Å². The number of halogens is 3. The Morgan fingerprint density at radius 3 is 2.62 bits per heavy atom. The van der Waals surface area contributed by atoms with E-state index in [-0.39, 0.29) is 19.2 Å². The van der Waals surface area contributed by atoms with Gasteiger partial charge in [-0.2, -0.15) is 4.31 Å². The zero-order valence-electron chi connectivity index (χ0n) is 11.2. The summed E-state index contributed by atoms with van der Waals surface area (Å²) in [6, 6.07) is 0.990. The largest absolute Gasteiger partial charge is 0.396 e. The molecule has 118 valence electrons. The summed E-state index contributed by atoms with van der Waals surface area (Å²) < 4.78 is 65.9. The molecule has 1 aromatic rings. The lowest BCUT2D eigenvalue weighted by Crippen LogP contribution is -2.36. The molecule has 0 bridgehead atoms. The molecule has 8 heteroatoms. The van der Waals surface area contributed by atoms with E-state index in [1.54, 1.807) is 0 Å². The Labute approximate surface area is 121 Å². The number of aliphatic hydroxyl groups is 1. The van der Waals surface area contributed by atoms with Crippen LogP contribution in [-0.2, 0) is 10.0 Å². The number of hydrogen-bond acceptors (Lipinski definition) is 3. The van der Waals surface area contributed by atoms with E-state index in [0.29, 0.717) is 31.7 Å². The summed E-state index contributed by atoms with van der Waals surface area (Å²) in [5.41, 5.74) is 0. The number of sulfonamides is 1. The summed E-state index contributed by atoms with van der Waals surface area (Å²) >= 11 is 0. The van der Waals surface area contributed by atoms with Crippen LogP contribution in [0.3, 0.4) is 0 Å². The van der Waals surface area contributed by atoms with E-state index in [1.807, 2.05) is 0 Å². The van der Waals surface area contributed by atoms with E-state index in [0.717, 1.165) is 10.4 Å². The minimum Gasteiger partial charge on any atom is -0.396 e. The Balaban J connectivity index is 2.35. The van der Waals surface area contributed by atoms with Crippen molar-refractivity contribution in [1.29, 1.82) is 0 Å². The van der Waals surface area contributed by atoms with E-state index in [1.165, 1.54) is 0 Å². The van der Waals surface area contributed by atoms with Crippen LogP contribution in [0.2, 0.25) is 0 Å². The average Bonchev–Trinajstić information content (AvgIpc) is 2.91. The molecule has 1 unspecified atom stereocenters. The van der Waals surface area contributed by atoms with Gasteiger partial charge in [0.2, 0.25) is 10.0 Å². The Morgan fingerprint density at radius 2 is 1.95 bits per heavy atom. The molecule has 1 saturated heterocycles. The van der Waals surface area contributed by atoms with Gasteiger partial charge in [-0.1, -0.05) is 0 Å². The second-order valence-electron chi connectivity index (χ2n) is 4.95. The molecular weight excluding hydrogens is 307 g/mol. The first-order chi connectivity index (χ1) is 9.89. The highest BCUT2D eigenvalue weighted by Crippen LogP contribution is 2.30. The molecule has 1 atom stereocenters. The zero-order valence-corrected chi connectivity index (χ0v) is 12.0. The fourth-order valence-corrected chi connectivity index (χ4v) is 4.36. The van der Waals surface area contributed by atoms with Crippen LogP contribution in [0, 0.1) is 17.5 Å². The first-order valence-corrected chi connectivity index (χ1v) is 8.09. The van der Waals surface area contributed by atoms with Gasteiger partial charge in [-0.3, -0.25) is 0 Å². The van der Waals surface area contributed by atoms with Crippen molar-refractivity contribution in [3.8, 4) is 0 Å². The zero-order chi connectivity index (χ0) is 15.6. The summed E-state index contributed by atoms with van der Waals surface area (Å²) in [6.07, 6.45) is 2.09. The third-order valence-corrected chi connectivity index (χ3v) is 5.57. The molecule has 1 heterocycles. The summed E-state index contributed by atoms with van der Waals surface area (Å²) in [7, 11) is -4.22. The quantitative estimate of drug-likeness (QED) is 0.844. The first-order valence-electron chi connectivity index (χ1n) is 6.65. The summed E-state index contributed by atoms with van der Waals surface area (Å²) in [6.45, 7) is 0.140. The van der Waals surface area contributed by atoms with Gasteiger partial charge in [-0.25, -0.2) is 21.6 Å². The molecule has 0 aromatic heterocycles. The van der Waals surface area contributed by atoms with Gasteiger partial charge in [-0.15, -0.1) is 0 Å². The lowest BCUT2D eigenvalue weighted by atomic mass is 10.1. The molecular formula is C13H16F3NO3S. The van der Waals surface area contributed by atoms with E-state index in [4.69, 9.17) is 5.11 Å². The van der Waals surface area contributed by atoms with E-state index in [2.05, 4.69) is 0 Å². The van der Waals surface area contributed by atoms with Crippen LogP contribution in [0.25, 0.3) is 0 Å². The second-order valence-corrected chi connectivity index (χ2v) is 6.81. The van der Waals surface area contributed by atoms with E-state index < -0.39 is 32.4 Å². The third kappa shape index (κ3) is 3.07. The van der Waals surface area contributed by atoms with E-state index >= 15 is 0 Å². The number of hydrogen-bond donors (Lipinski definition) is 1. The van der Waals surface area contributed by atoms with Crippen LogP contribution in [0.15, 0.2) is 17.0 Å². The summed E-state index contributed by atoms with van der Waals surface area (Å²) in [5, 5.41) is 8.82. The monoisotopic (exact) mass is 323 g/mol. The van der Waals surface area contributed by atoms with Gasteiger partial charge in [0.15, 0.2) is 17.5 Å². The van der Waals surface area contributed by atoms with Gasteiger partial charge in [-0.05, 0) is 37.8 Å². The fraction of sp³-hybridized carbons (Fsp3) is 0.538. The number of rotatable bonds is 5. The molecule has 2 rings (SSSR count). The molecule has 0 spiro atoms. The molecule has 1 aliphatic rings. The lowest BCUT2D eigenvalue weighted by molar-refractivity contribution is 0.263. The van der Waals surface area contributed by atoms with Gasteiger partial charge in [0.05, 0.1) is 0 Å². The van der Waals surface area contributed by atoms with Crippen molar-refractivity contribution in [1.82, 2.24) is 4.31 Å². The average molecular weight is 323 g/mol. The Morgan fingerprint density at radius 1 is 1.24 bits per heavy atom. The van der Waals surface area contributed by atoms with Crippen molar-refractivity contribution in [3.63, 3.8) is 0 Å². The van der Waals surface area contributed by atoms with Crippen LogP contribution in [0.5, 0.6) is 0 Å². The maximum absolute atomic E-state index is 13.7. The molecule has 0 amide bonds. The predicted molar refractivity (Wildman–Crippen MR) is 69.5 cm³/mol. The Bertz CT molecular complexity index is 621. The lowest BCUT2D eigenvalue weighted by Gasteiger charge is -2.24. The highest BCUT2D eigenvalue weighted by molar-refractivity contribution is 7.89. The summed E-state index contributed by atoms with van der Waals surface area (Å²) in [4.78, 5) is -0.850. The number of nitrogens with zero attached hydrogens (tertiary/aromatic N) is 1. The molecule has 0 radical (unpaired) electrons. The van der Waals surface area contributed by atoms with Gasteiger partial charge in [0, 0.05) is 19.2 Å². The molecule has 1 N–H and O–H groups in total. The molecule has 1 aromatic carbocycles. The van der Waals surface area contributed by atoms with Gasteiger partial charge in [0.25, 0.3) is 0 Å². The fourth-order valence-electron chi connectivity index (χ4n) is 2.57. The van der Waals surface area contributed by atoms with Crippen LogP contribution in [0.4, 0.5) is 13.2 Å². The van der Waals surface area contributed by atoms with Crippen LogP contribution in [0.1, 0.15) is 25.7 Å². The maximum Gasteiger partial charge on any atom is 0.246 e. The Hall–Kier alpha value is -1.12. The maximum atomic E-state index is 13.7. The van der Waals surface area contributed by atoms with E-state index in [9.17, 15) is 21.6 Å². The molecule has 0 saturated carbocycles. The highest BCUT2D eigenvalue weighted by atomic mass is 32.2. The van der Waals surface area contributed by atoms with Crippen molar-refractivity contribution in [2.45, 2.75) is 36.6 Å². The standard InChI is InChI=1S/C13H16F3NO3S/c14-10-5-6-11(13(16)12(10)15)21(19,20)17-7-1-3-9(17)4-2-8-18/h5-6,9,18H,1-4,7-8H2. The van der Waals surface area contributed by atoms with Crippen LogP contribution in [-0.4, -0.2) is 37.0 Å². The van der Waals surface area contributed by atoms with Gasteiger partial charge >= 0.3 is 0 Å². The van der Waals surface area contributed by atoms with Crippen LogP contribution >= 0.6 is 0 Å². The minimum absolute atomic E-state index is 0.0656. The Kier molecular flexibility index (Phi) is 4.90. The molecule has 1 fully saturated rings.